The smallest absolute Gasteiger partial charge is 0.164 e. The van der Waals surface area contributed by atoms with Crippen molar-refractivity contribution in [1.29, 1.82) is 5.26 Å². The molecule has 0 saturated carbocycles. The number of hydrogen-bond donors (Lipinski definition) is 1. The fourth-order valence-electron chi connectivity index (χ4n) is 2.94. The Morgan fingerprint density at radius 3 is 2.14 bits per heavy atom. The van der Waals surface area contributed by atoms with Crippen molar-refractivity contribution in [2.24, 2.45) is 0 Å². The highest BCUT2D eigenvalue weighted by Gasteiger charge is 2.20. The minimum Gasteiger partial charge on any atom is -0.496 e. The second-order valence-electron chi connectivity index (χ2n) is 5.81. The molecule has 3 aromatic rings. The van der Waals surface area contributed by atoms with Crippen LogP contribution in [0.4, 0.5) is 5.82 Å². The van der Waals surface area contributed by atoms with Gasteiger partial charge in [-0.2, -0.15) is 5.26 Å². The lowest BCUT2D eigenvalue weighted by atomic mass is 9.97. The number of ether oxygens (including phenoxy) is 3. The van der Waals surface area contributed by atoms with Gasteiger partial charge >= 0.3 is 0 Å². The van der Waals surface area contributed by atoms with Gasteiger partial charge in [0.15, 0.2) is 11.5 Å². The molecule has 0 fully saturated rings. The maximum atomic E-state index is 9.69. The van der Waals surface area contributed by atoms with E-state index in [0.717, 1.165) is 10.0 Å². The second kappa shape index (κ2) is 8.19. The van der Waals surface area contributed by atoms with Crippen molar-refractivity contribution in [2.75, 3.05) is 27.1 Å². The third-order valence-electron chi connectivity index (χ3n) is 4.30. The molecule has 0 unspecified atom stereocenters. The molecule has 0 bridgehead atoms. The van der Waals surface area contributed by atoms with Gasteiger partial charge in [-0.15, -0.1) is 0 Å². The van der Waals surface area contributed by atoms with Crippen molar-refractivity contribution < 1.29 is 14.2 Å². The Balaban J connectivity index is 2.33. The Morgan fingerprint density at radius 1 is 0.893 bits per heavy atom. The number of rotatable bonds is 5. The van der Waals surface area contributed by atoms with Crippen molar-refractivity contribution in [3.05, 3.63) is 52.5 Å². The zero-order valence-corrected chi connectivity index (χ0v) is 17.2. The van der Waals surface area contributed by atoms with Crippen LogP contribution in [0.15, 0.2) is 46.9 Å². The Bertz CT molecular complexity index is 1080. The van der Waals surface area contributed by atoms with E-state index < -0.39 is 0 Å². The lowest BCUT2D eigenvalue weighted by molar-refractivity contribution is 0.349. The van der Waals surface area contributed by atoms with E-state index in [1.165, 1.54) is 0 Å². The molecule has 1 aromatic heterocycles. The predicted molar refractivity (Wildman–Crippen MR) is 112 cm³/mol. The standard InChI is InChI=1S/C21H18BrN3O3/c1-26-18-10-20(28-3)19(27-2)9-14(18)13-8-17(25-21(24)15(13)11-23)12-6-4-5-7-16(12)22/h4-10H,1-3H3,(H2,24,25). The molecule has 6 nitrogen and oxygen atoms in total. The van der Waals surface area contributed by atoms with Gasteiger partial charge in [-0.3, -0.25) is 0 Å². The first-order valence-electron chi connectivity index (χ1n) is 8.29. The van der Waals surface area contributed by atoms with Gasteiger partial charge in [0, 0.05) is 27.2 Å². The van der Waals surface area contributed by atoms with Crippen molar-refractivity contribution >= 4 is 21.7 Å². The SMILES string of the molecule is COc1cc(OC)c(-c2cc(-c3ccccc3Br)nc(N)c2C#N)cc1OC. The number of halogens is 1. The first-order chi connectivity index (χ1) is 13.5. The van der Waals surface area contributed by atoms with Crippen LogP contribution in [0.5, 0.6) is 17.2 Å². The van der Waals surface area contributed by atoms with Crippen molar-refractivity contribution in [1.82, 2.24) is 4.98 Å². The number of hydrogen-bond acceptors (Lipinski definition) is 6. The van der Waals surface area contributed by atoms with E-state index in [9.17, 15) is 5.26 Å². The molecule has 0 amide bonds. The zero-order valence-electron chi connectivity index (χ0n) is 15.6. The lowest BCUT2D eigenvalue weighted by Crippen LogP contribution is -2.01. The van der Waals surface area contributed by atoms with Crippen molar-refractivity contribution in [3.63, 3.8) is 0 Å². The summed E-state index contributed by atoms with van der Waals surface area (Å²) in [7, 11) is 4.65. The topological polar surface area (TPSA) is 90.4 Å². The van der Waals surface area contributed by atoms with Crippen molar-refractivity contribution in [2.45, 2.75) is 0 Å². The molecule has 0 atom stereocenters. The quantitative estimate of drug-likeness (QED) is 0.621. The minimum absolute atomic E-state index is 0.141. The maximum Gasteiger partial charge on any atom is 0.164 e. The number of anilines is 1. The summed E-state index contributed by atoms with van der Waals surface area (Å²) in [6.07, 6.45) is 0. The number of nitriles is 1. The van der Waals surface area contributed by atoms with E-state index in [0.29, 0.717) is 34.1 Å². The van der Waals surface area contributed by atoms with Crippen LogP contribution in [0.25, 0.3) is 22.4 Å². The van der Waals surface area contributed by atoms with Gasteiger partial charge < -0.3 is 19.9 Å². The van der Waals surface area contributed by atoms with Crippen LogP contribution in [0, 0.1) is 11.3 Å². The van der Waals surface area contributed by atoms with E-state index in [-0.39, 0.29) is 11.4 Å². The molecule has 0 saturated heterocycles. The number of pyridine rings is 1. The average molecular weight is 440 g/mol. The van der Waals surface area contributed by atoms with Crippen LogP contribution >= 0.6 is 15.9 Å². The lowest BCUT2D eigenvalue weighted by Gasteiger charge is -2.16. The highest BCUT2D eigenvalue weighted by atomic mass is 79.9. The maximum absolute atomic E-state index is 9.69. The van der Waals surface area contributed by atoms with Gasteiger partial charge in [0.05, 0.1) is 27.0 Å². The fraction of sp³-hybridized carbons (Fsp3) is 0.143. The van der Waals surface area contributed by atoms with Crippen LogP contribution in [0.2, 0.25) is 0 Å². The van der Waals surface area contributed by atoms with Gasteiger partial charge in [0.1, 0.15) is 23.2 Å². The first kappa shape index (κ1) is 19.5. The summed E-state index contributed by atoms with van der Waals surface area (Å²) in [5, 5.41) is 9.69. The van der Waals surface area contributed by atoms with Crippen molar-refractivity contribution in [3.8, 4) is 45.7 Å². The van der Waals surface area contributed by atoms with Gasteiger partial charge in [-0.25, -0.2) is 4.98 Å². The Labute approximate surface area is 171 Å². The summed E-state index contributed by atoms with van der Waals surface area (Å²) in [6.45, 7) is 0. The molecule has 28 heavy (non-hydrogen) atoms. The molecule has 0 spiro atoms. The molecular weight excluding hydrogens is 422 g/mol. The highest BCUT2D eigenvalue weighted by molar-refractivity contribution is 9.10. The van der Waals surface area contributed by atoms with E-state index in [2.05, 4.69) is 27.0 Å². The number of nitrogens with zero attached hydrogens (tertiary/aromatic N) is 2. The second-order valence-corrected chi connectivity index (χ2v) is 6.67. The molecule has 0 radical (unpaired) electrons. The Kier molecular flexibility index (Phi) is 5.71. The van der Waals surface area contributed by atoms with Crippen LogP contribution in [-0.4, -0.2) is 26.3 Å². The van der Waals surface area contributed by atoms with E-state index in [4.69, 9.17) is 19.9 Å². The largest absolute Gasteiger partial charge is 0.496 e. The third-order valence-corrected chi connectivity index (χ3v) is 5.00. The van der Waals surface area contributed by atoms with Crippen LogP contribution < -0.4 is 19.9 Å². The van der Waals surface area contributed by atoms with E-state index >= 15 is 0 Å². The molecule has 2 aromatic carbocycles. The molecule has 0 aliphatic heterocycles. The Morgan fingerprint density at radius 2 is 1.54 bits per heavy atom. The number of benzene rings is 2. The van der Waals surface area contributed by atoms with Crippen LogP contribution in [0.1, 0.15) is 5.56 Å². The van der Waals surface area contributed by atoms with Crippen LogP contribution in [-0.2, 0) is 0 Å². The summed E-state index contributed by atoms with van der Waals surface area (Å²) < 4.78 is 17.2. The fourth-order valence-corrected chi connectivity index (χ4v) is 3.43. The molecule has 0 aliphatic rings. The summed E-state index contributed by atoms with van der Waals surface area (Å²) >= 11 is 3.54. The summed E-state index contributed by atoms with van der Waals surface area (Å²) in [5.74, 6) is 1.70. The number of aromatic nitrogens is 1. The van der Waals surface area contributed by atoms with Gasteiger partial charge in [0.25, 0.3) is 0 Å². The Hall–Kier alpha value is -3.24. The average Bonchev–Trinajstić information content (AvgIpc) is 2.72. The monoisotopic (exact) mass is 439 g/mol. The third kappa shape index (κ3) is 3.47. The predicted octanol–water partition coefficient (Wildman–Crippen LogP) is 4.66. The molecular formula is C21H18BrN3O3. The van der Waals surface area contributed by atoms with Gasteiger partial charge in [-0.05, 0) is 18.2 Å². The number of nitrogen functional groups attached to an aromatic ring is 1. The summed E-state index contributed by atoms with van der Waals surface area (Å²) in [5.41, 5.74) is 9.14. The number of methoxy groups -OCH3 is 3. The van der Waals surface area contributed by atoms with E-state index in [1.54, 1.807) is 33.5 Å². The minimum atomic E-state index is 0.141. The first-order valence-corrected chi connectivity index (χ1v) is 9.09. The highest BCUT2D eigenvalue weighted by Crippen LogP contribution is 2.43. The molecule has 3 rings (SSSR count). The van der Waals surface area contributed by atoms with Gasteiger partial charge in [0.2, 0.25) is 0 Å². The zero-order chi connectivity index (χ0) is 20.3. The molecule has 7 heteroatoms. The molecule has 142 valence electrons. The summed E-state index contributed by atoms with van der Waals surface area (Å²) in [4.78, 5) is 4.42. The molecule has 1 heterocycles. The normalized spacial score (nSPS) is 10.2. The van der Waals surface area contributed by atoms with Gasteiger partial charge in [-0.1, -0.05) is 34.1 Å². The van der Waals surface area contributed by atoms with E-state index in [1.807, 2.05) is 30.3 Å². The number of nitrogens with two attached hydrogens (primary N) is 1. The molecule has 2 N–H and O–H groups in total. The molecule has 0 aliphatic carbocycles. The summed E-state index contributed by atoms with van der Waals surface area (Å²) in [6, 6.07) is 15.1. The van der Waals surface area contributed by atoms with Crippen LogP contribution in [0.3, 0.4) is 0 Å².